The van der Waals surface area contributed by atoms with Crippen LogP contribution in [0.4, 0.5) is 24.9 Å². The number of anilines is 2. The molecule has 39 heavy (non-hydrogen) atoms. The second kappa shape index (κ2) is 10.1. The van der Waals surface area contributed by atoms with E-state index in [1.165, 1.54) is 12.1 Å². The van der Waals surface area contributed by atoms with E-state index in [-0.39, 0.29) is 48.0 Å². The number of benzene rings is 2. The van der Waals surface area contributed by atoms with Crippen molar-refractivity contribution in [1.82, 2.24) is 15.5 Å². The number of alkyl halides is 3. The molecule has 2 amide bonds. The topological polar surface area (TPSA) is 133 Å². The van der Waals surface area contributed by atoms with Crippen LogP contribution in [0.25, 0.3) is 11.5 Å². The number of amides is 2. The van der Waals surface area contributed by atoms with Crippen molar-refractivity contribution in [3.63, 3.8) is 0 Å². The largest absolute Gasteiger partial charge is 0.573 e. The van der Waals surface area contributed by atoms with Crippen LogP contribution in [0.1, 0.15) is 29.9 Å². The molecule has 10 nitrogen and oxygen atoms in total. The predicted octanol–water partition coefficient (Wildman–Crippen LogP) is 3.88. The highest BCUT2D eigenvalue weighted by molar-refractivity contribution is 6.01. The minimum atomic E-state index is -4.79. The van der Waals surface area contributed by atoms with E-state index in [4.69, 9.17) is 4.42 Å². The first-order chi connectivity index (χ1) is 18.6. The fraction of sp³-hybridized carbons (Fsp3) is 0.269. The van der Waals surface area contributed by atoms with Crippen molar-refractivity contribution in [2.75, 3.05) is 16.8 Å². The van der Waals surface area contributed by atoms with Crippen LogP contribution in [0, 0.1) is 11.3 Å². The number of aromatic nitrogens is 2. The van der Waals surface area contributed by atoms with Crippen molar-refractivity contribution in [2.45, 2.75) is 37.2 Å². The SMILES string of the molecule is C=C[C@@H]1[C@@H](Nc2nnc(-c3ccc(OC(F)(F)F)cc3)o2)CN1c1ccc(C2CCC(=O)NC2=O)cc1C#N. The van der Waals surface area contributed by atoms with E-state index in [1.807, 2.05) is 4.90 Å². The maximum absolute atomic E-state index is 12.4. The summed E-state index contributed by atoms with van der Waals surface area (Å²) < 4.78 is 46.6. The molecular formula is C26H21F3N6O4. The molecule has 0 spiro atoms. The molecule has 2 N–H and O–H groups in total. The van der Waals surface area contributed by atoms with E-state index < -0.39 is 12.3 Å². The van der Waals surface area contributed by atoms with Gasteiger partial charge in [0, 0.05) is 18.5 Å². The number of piperidine rings is 1. The number of halogens is 3. The van der Waals surface area contributed by atoms with Gasteiger partial charge in [0.1, 0.15) is 11.8 Å². The van der Waals surface area contributed by atoms with Crippen molar-refractivity contribution in [3.05, 3.63) is 66.2 Å². The van der Waals surface area contributed by atoms with Crippen LogP contribution in [0.15, 0.2) is 59.5 Å². The van der Waals surface area contributed by atoms with Crippen LogP contribution in [0.3, 0.4) is 0 Å². The summed E-state index contributed by atoms with van der Waals surface area (Å²) in [7, 11) is 0. The van der Waals surface area contributed by atoms with Gasteiger partial charge in [-0.25, -0.2) is 0 Å². The number of carbonyl (C=O) groups is 2. The number of nitrogens with one attached hydrogen (secondary N) is 2. The zero-order chi connectivity index (χ0) is 27.7. The van der Waals surface area contributed by atoms with Gasteiger partial charge in [0.2, 0.25) is 17.7 Å². The third kappa shape index (κ3) is 5.40. The number of rotatable bonds is 7. The summed E-state index contributed by atoms with van der Waals surface area (Å²) in [5.74, 6) is -1.43. The molecule has 0 saturated carbocycles. The second-order valence-electron chi connectivity index (χ2n) is 9.01. The fourth-order valence-electron chi connectivity index (χ4n) is 4.68. The molecule has 13 heteroatoms. The minimum absolute atomic E-state index is 0.109. The Kier molecular flexibility index (Phi) is 6.69. The number of ether oxygens (including phenoxy) is 1. The lowest BCUT2D eigenvalue weighted by Gasteiger charge is -2.48. The fourth-order valence-corrected chi connectivity index (χ4v) is 4.68. The summed E-state index contributed by atoms with van der Waals surface area (Å²) in [4.78, 5) is 25.7. The molecule has 0 radical (unpaired) electrons. The van der Waals surface area contributed by atoms with E-state index >= 15 is 0 Å². The Labute approximate surface area is 220 Å². The lowest BCUT2D eigenvalue weighted by atomic mass is 9.88. The molecule has 1 aromatic heterocycles. The van der Waals surface area contributed by atoms with Gasteiger partial charge in [-0.05, 0) is 48.4 Å². The molecule has 3 aromatic rings. The molecule has 0 aliphatic carbocycles. The summed E-state index contributed by atoms with van der Waals surface area (Å²) in [5, 5.41) is 23.2. The van der Waals surface area contributed by atoms with Gasteiger partial charge in [0.15, 0.2) is 0 Å². The number of hydrogen-bond acceptors (Lipinski definition) is 9. The third-order valence-corrected chi connectivity index (χ3v) is 6.57. The van der Waals surface area contributed by atoms with Gasteiger partial charge in [-0.1, -0.05) is 17.2 Å². The van der Waals surface area contributed by atoms with Crippen LogP contribution >= 0.6 is 0 Å². The number of imide groups is 1. The highest BCUT2D eigenvalue weighted by Crippen LogP contribution is 2.35. The van der Waals surface area contributed by atoms with Gasteiger partial charge in [-0.3, -0.25) is 14.9 Å². The van der Waals surface area contributed by atoms with Crippen molar-refractivity contribution >= 4 is 23.5 Å². The number of nitriles is 1. The van der Waals surface area contributed by atoms with Gasteiger partial charge in [-0.2, -0.15) is 5.26 Å². The first-order valence-electron chi connectivity index (χ1n) is 11.9. The van der Waals surface area contributed by atoms with Crippen LogP contribution in [-0.2, 0) is 9.59 Å². The summed E-state index contributed by atoms with van der Waals surface area (Å²) in [6, 6.07) is 12.2. The smallest absolute Gasteiger partial charge is 0.406 e. The summed E-state index contributed by atoms with van der Waals surface area (Å²) in [5.41, 5.74) is 2.14. The minimum Gasteiger partial charge on any atom is -0.406 e. The quantitative estimate of drug-likeness (QED) is 0.340. The van der Waals surface area contributed by atoms with Gasteiger partial charge >= 0.3 is 12.4 Å². The van der Waals surface area contributed by atoms with E-state index in [2.05, 4.69) is 38.2 Å². The molecule has 0 bridgehead atoms. The molecule has 2 saturated heterocycles. The van der Waals surface area contributed by atoms with Gasteiger partial charge in [0.25, 0.3) is 0 Å². The molecule has 2 aliphatic heterocycles. The van der Waals surface area contributed by atoms with Crippen LogP contribution in [0.5, 0.6) is 5.75 Å². The zero-order valence-electron chi connectivity index (χ0n) is 20.2. The van der Waals surface area contributed by atoms with Gasteiger partial charge in [-0.15, -0.1) is 24.8 Å². The molecular weight excluding hydrogens is 517 g/mol. The first-order valence-corrected chi connectivity index (χ1v) is 11.9. The molecule has 2 aliphatic rings. The number of nitrogens with zero attached hydrogens (tertiary/aromatic N) is 4. The normalized spacial score (nSPS) is 21.0. The lowest BCUT2D eigenvalue weighted by molar-refractivity contribution is -0.274. The molecule has 200 valence electrons. The third-order valence-electron chi connectivity index (χ3n) is 6.57. The summed E-state index contributed by atoms with van der Waals surface area (Å²) >= 11 is 0. The highest BCUT2D eigenvalue weighted by atomic mass is 19.4. The standard InChI is InChI=1S/C26H21F3N6O4/c1-2-20-19(31-25-34-33-24(38-25)14-3-6-17(7-4-14)39-26(27,28)29)13-35(20)21-9-5-15(11-16(21)12-30)18-8-10-22(36)32-23(18)37/h2-7,9,11,18-20H,1,8,10,13H2,(H,31,34)(H,32,36,37)/t18?,19-,20+/m0/s1. The Morgan fingerprint density at radius 1 is 1.21 bits per heavy atom. The van der Waals surface area contributed by atoms with E-state index in [0.29, 0.717) is 35.3 Å². The number of hydrogen-bond donors (Lipinski definition) is 2. The average Bonchev–Trinajstić information content (AvgIpc) is 3.35. The van der Waals surface area contributed by atoms with Crippen LogP contribution < -0.4 is 20.3 Å². The molecule has 3 atom stereocenters. The maximum atomic E-state index is 12.4. The monoisotopic (exact) mass is 538 g/mol. The van der Waals surface area contributed by atoms with E-state index in [9.17, 15) is 28.0 Å². The summed E-state index contributed by atoms with van der Waals surface area (Å²) in [6.45, 7) is 4.37. The van der Waals surface area contributed by atoms with Crippen LogP contribution in [-0.4, -0.2) is 47.0 Å². The highest BCUT2D eigenvalue weighted by Gasteiger charge is 2.39. The summed E-state index contributed by atoms with van der Waals surface area (Å²) in [6.07, 6.45) is -2.44. The van der Waals surface area contributed by atoms with Gasteiger partial charge < -0.3 is 19.4 Å². The maximum Gasteiger partial charge on any atom is 0.573 e. The molecule has 2 fully saturated rings. The van der Waals surface area contributed by atoms with E-state index in [0.717, 1.165) is 12.1 Å². The Balaban J connectivity index is 1.25. The van der Waals surface area contributed by atoms with Gasteiger partial charge in [0.05, 0.1) is 29.3 Å². The molecule has 5 rings (SSSR count). The van der Waals surface area contributed by atoms with Crippen molar-refractivity contribution in [1.29, 1.82) is 5.26 Å². The molecule has 3 heterocycles. The molecule has 1 unspecified atom stereocenters. The van der Waals surface area contributed by atoms with Crippen molar-refractivity contribution < 1.29 is 31.9 Å². The second-order valence-corrected chi connectivity index (χ2v) is 9.01. The Morgan fingerprint density at radius 3 is 2.64 bits per heavy atom. The zero-order valence-corrected chi connectivity index (χ0v) is 20.2. The van der Waals surface area contributed by atoms with E-state index in [1.54, 1.807) is 24.3 Å². The Hall–Kier alpha value is -4.86. The Morgan fingerprint density at radius 2 is 1.97 bits per heavy atom. The first kappa shape index (κ1) is 25.8. The molecule has 2 aromatic carbocycles. The van der Waals surface area contributed by atoms with Crippen LogP contribution in [0.2, 0.25) is 0 Å². The van der Waals surface area contributed by atoms with Crippen molar-refractivity contribution in [2.24, 2.45) is 0 Å². The average molecular weight is 538 g/mol. The van der Waals surface area contributed by atoms with Crippen molar-refractivity contribution in [3.8, 4) is 23.3 Å². The lowest BCUT2D eigenvalue weighted by Crippen LogP contribution is -2.62. The predicted molar refractivity (Wildman–Crippen MR) is 131 cm³/mol. The Bertz CT molecular complexity index is 1460. The number of carbonyl (C=O) groups excluding carboxylic acids is 2.